The summed E-state index contributed by atoms with van der Waals surface area (Å²) in [6, 6.07) is 2.83. The highest BCUT2D eigenvalue weighted by atomic mass is 35.5. The van der Waals surface area contributed by atoms with Gasteiger partial charge in [0.1, 0.15) is 10.3 Å². The van der Waals surface area contributed by atoms with Crippen molar-refractivity contribution in [1.29, 1.82) is 0 Å². The number of aryl methyl sites for hydroxylation is 1. The van der Waals surface area contributed by atoms with E-state index in [1.54, 1.807) is 12.1 Å². The Labute approximate surface area is 159 Å². The van der Waals surface area contributed by atoms with E-state index in [2.05, 4.69) is 16.7 Å². The van der Waals surface area contributed by atoms with Crippen molar-refractivity contribution < 1.29 is 13.2 Å². The van der Waals surface area contributed by atoms with Crippen molar-refractivity contribution in [2.45, 2.75) is 36.4 Å². The van der Waals surface area contributed by atoms with Crippen molar-refractivity contribution in [3.8, 4) is 0 Å². The van der Waals surface area contributed by atoms with E-state index >= 15 is 0 Å². The van der Waals surface area contributed by atoms with Gasteiger partial charge in [-0.3, -0.25) is 4.79 Å². The smallest absolute Gasteiger partial charge is 0.253 e. The van der Waals surface area contributed by atoms with Gasteiger partial charge in [-0.2, -0.15) is 4.31 Å². The maximum Gasteiger partial charge on any atom is 0.253 e. The molecule has 2 N–H and O–H groups in total. The summed E-state index contributed by atoms with van der Waals surface area (Å²) in [6.07, 6.45) is 4.30. The second-order valence-corrected chi connectivity index (χ2v) is 9.58. The lowest BCUT2D eigenvalue weighted by Crippen LogP contribution is -2.46. The first-order valence-electron chi connectivity index (χ1n) is 8.23. The van der Waals surface area contributed by atoms with Crippen LogP contribution in [0.5, 0.6) is 0 Å². The van der Waals surface area contributed by atoms with Crippen LogP contribution in [0.3, 0.4) is 0 Å². The zero-order valence-corrected chi connectivity index (χ0v) is 16.6. The fraction of sp³-hybridized carbons (Fsp3) is 0.562. The third-order valence-corrected chi connectivity index (χ3v) is 7.81. The third-order valence-electron chi connectivity index (χ3n) is 4.43. The van der Waals surface area contributed by atoms with Crippen LogP contribution in [0.1, 0.15) is 24.1 Å². The van der Waals surface area contributed by atoms with E-state index in [1.165, 1.54) is 21.2 Å². The number of nitrogens with one attached hydrogen (secondary N) is 2. The number of thiophene rings is 1. The van der Waals surface area contributed by atoms with Gasteiger partial charge in [-0.25, -0.2) is 8.42 Å². The molecule has 2 aliphatic rings. The Bertz CT molecular complexity index is 746. The molecule has 6 nitrogen and oxygen atoms in total. The number of carbonyl (C=O) groups is 1. The molecule has 1 aromatic heterocycles. The minimum Gasteiger partial charge on any atom is -0.351 e. The van der Waals surface area contributed by atoms with E-state index in [-0.39, 0.29) is 18.3 Å². The van der Waals surface area contributed by atoms with Crippen LogP contribution in [0.4, 0.5) is 0 Å². The Kier molecular flexibility index (Phi) is 7.04. The standard InChI is InChI=1S/C16H23N3O3S2.ClH/c1-12-4-5-15(23-12)24(21,22)19-10-2-3-14(19)16(20)18-11-13-6-8-17-9-7-13;/h4-6,14,17H,2-3,7-11H2,1H3,(H,18,20);1H. The predicted octanol–water partition coefficient (Wildman–Crippen LogP) is 1.67. The van der Waals surface area contributed by atoms with Gasteiger partial charge in [0.2, 0.25) is 5.91 Å². The molecule has 1 amide bonds. The Balaban J connectivity index is 0.00000225. The topological polar surface area (TPSA) is 78.5 Å². The normalized spacial score (nSPS) is 21.5. The fourth-order valence-electron chi connectivity index (χ4n) is 3.10. The van der Waals surface area contributed by atoms with E-state index in [9.17, 15) is 13.2 Å². The zero-order chi connectivity index (χ0) is 17.2. The van der Waals surface area contributed by atoms with Gasteiger partial charge in [0.15, 0.2) is 0 Å². The van der Waals surface area contributed by atoms with Crippen LogP contribution in [0.2, 0.25) is 0 Å². The summed E-state index contributed by atoms with van der Waals surface area (Å²) in [5.41, 5.74) is 1.20. The summed E-state index contributed by atoms with van der Waals surface area (Å²) in [4.78, 5) is 13.5. The summed E-state index contributed by atoms with van der Waals surface area (Å²) in [5, 5.41) is 6.14. The van der Waals surface area contributed by atoms with Crippen LogP contribution >= 0.6 is 23.7 Å². The second kappa shape index (κ2) is 8.64. The van der Waals surface area contributed by atoms with Gasteiger partial charge in [-0.15, -0.1) is 23.7 Å². The maximum atomic E-state index is 12.8. The van der Waals surface area contributed by atoms with Crippen LogP contribution in [-0.2, 0) is 14.8 Å². The van der Waals surface area contributed by atoms with Crippen molar-refractivity contribution >= 4 is 39.7 Å². The molecule has 3 rings (SSSR count). The van der Waals surface area contributed by atoms with E-state index in [0.717, 1.165) is 24.4 Å². The molecule has 1 atom stereocenters. The summed E-state index contributed by atoms with van der Waals surface area (Å²) in [5.74, 6) is -0.191. The molecule has 0 radical (unpaired) electrons. The van der Waals surface area contributed by atoms with E-state index in [0.29, 0.717) is 30.1 Å². The van der Waals surface area contributed by atoms with Gasteiger partial charge in [0.05, 0.1) is 0 Å². The summed E-state index contributed by atoms with van der Waals surface area (Å²) >= 11 is 1.25. The van der Waals surface area contributed by atoms with Crippen LogP contribution < -0.4 is 10.6 Å². The maximum absolute atomic E-state index is 12.8. The molecular weight excluding hydrogens is 382 g/mol. The monoisotopic (exact) mass is 405 g/mol. The van der Waals surface area contributed by atoms with Crippen LogP contribution in [0.25, 0.3) is 0 Å². The molecule has 140 valence electrons. The van der Waals surface area contributed by atoms with E-state index < -0.39 is 16.1 Å². The lowest BCUT2D eigenvalue weighted by Gasteiger charge is -2.23. The molecule has 0 aliphatic carbocycles. The molecular formula is C16H24ClN3O3S2. The van der Waals surface area contributed by atoms with Crippen molar-refractivity contribution in [2.24, 2.45) is 0 Å². The molecule has 0 aromatic carbocycles. The molecule has 1 fully saturated rings. The SMILES string of the molecule is Cc1ccc(S(=O)(=O)N2CCCC2C(=O)NCC2=CCNCC2)s1.Cl. The Hall–Kier alpha value is -0.930. The first-order chi connectivity index (χ1) is 11.5. The van der Waals surface area contributed by atoms with Crippen molar-refractivity contribution in [2.75, 3.05) is 26.2 Å². The molecule has 0 bridgehead atoms. The number of hydrogen-bond donors (Lipinski definition) is 2. The van der Waals surface area contributed by atoms with Gasteiger partial charge < -0.3 is 10.6 Å². The van der Waals surface area contributed by atoms with Crippen LogP contribution in [0, 0.1) is 6.92 Å². The largest absolute Gasteiger partial charge is 0.351 e. The Morgan fingerprint density at radius 3 is 2.88 bits per heavy atom. The molecule has 0 saturated carbocycles. The second-order valence-electron chi connectivity index (χ2n) is 6.17. The fourth-order valence-corrected chi connectivity index (χ4v) is 6.17. The van der Waals surface area contributed by atoms with Gasteiger partial charge in [-0.05, 0) is 44.9 Å². The Morgan fingerprint density at radius 1 is 1.44 bits per heavy atom. The molecule has 1 aromatic rings. The van der Waals surface area contributed by atoms with E-state index in [4.69, 9.17) is 0 Å². The number of halogens is 1. The van der Waals surface area contributed by atoms with Gasteiger partial charge in [0, 0.05) is 24.5 Å². The number of sulfonamides is 1. The average Bonchev–Trinajstić information content (AvgIpc) is 3.23. The van der Waals surface area contributed by atoms with Crippen molar-refractivity contribution in [3.63, 3.8) is 0 Å². The summed E-state index contributed by atoms with van der Waals surface area (Å²) < 4.78 is 27.3. The zero-order valence-electron chi connectivity index (χ0n) is 14.2. The number of nitrogens with zero attached hydrogens (tertiary/aromatic N) is 1. The van der Waals surface area contributed by atoms with Crippen LogP contribution in [0.15, 0.2) is 28.0 Å². The van der Waals surface area contributed by atoms with Gasteiger partial charge in [-0.1, -0.05) is 11.6 Å². The molecule has 3 heterocycles. The predicted molar refractivity (Wildman–Crippen MR) is 102 cm³/mol. The number of rotatable bonds is 5. The lowest BCUT2D eigenvalue weighted by molar-refractivity contribution is -0.124. The molecule has 1 unspecified atom stereocenters. The van der Waals surface area contributed by atoms with Crippen molar-refractivity contribution in [3.05, 3.63) is 28.7 Å². The minimum absolute atomic E-state index is 0. The minimum atomic E-state index is -3.59. The summed E-state index contributed by atoms with van der Waals surface area (Å²) in [7, 11) is -3.59. The van der Waals surface area contributed by atoms with Gasteiger partial charge >= 0.3 is 0 Å². The highest BCUT2D eigenvalue weighted by Gasteiger charge is 2.39. The van der Waals surface area contributed by atoms with Crippen LogP contribution in [-0.4, -0.2) is 50.9 Å². The first-order valence-corrected chi connectivity index (χ1v) is 10.5. The lowest BCUT2D eigenvalue weighted by atomic mass is 10.1. The average molecular weight is 406 g/mol. The highest BCUT2D eigenvalue weighted by molar-refractivity contribution is 7.91. The highest BCUT2D eigenvalue weighted by Crippen LogP contribution is 2.30. The summed E-state index contributed by atoms with van der Waals surface area (Å²) in [6.45, 7) is 4.54. The van der Waals surface area contributed by atoms with Crippen molar-refractivity contribution in [1.82, 2.24) is 14.9 Å². The van der Waals surface area contributed by atoms with E-state index in [1.807, 2.05) is 6.92 Å². The molecule has 0 spiro atoms. The number of amides is 1. The molecule has 1 saturated heterocycles. The quantitative estimate of drug-likeness (QED) is 0.730. The molecule has 9 heteroatoms. The Morgan fingerprint density at radius 2 is 2.24 bits per heavy atom. The molecule has 25 heavy (non-hydrogen) atoms. The van der Waals surface area contributed by atoms with Gasteiger partial charge in [0.25, 0.3) is 10.0 Å². The number of carbonyl (C=O) groups excluding carboxylic acids is 1. The third kappa shape index (κ3) is 4.62. The first kappa shape index (κ1) is 20.4. The number of hydrogen-bond acceptors (Lipinski definition) is 5. The molecule has 2 aliphatic heterocycles.